The van der Waals surface area contributed by atoms with E-state index < -0.39 is 18.1 Å². The average molecular weight is 751 g/mol. The molecule has 0 radical (unpaired) electrons. The van der Waals surface area contributed by atoms with Gasteiger partial charge in [0.25, 0.3) is 0 Å². The molecule has 0 aliphatic rings. The second kappa shape index (κ2) is 12.6. The third-order valence-corrected chi connectivity index (χ3v) is 12.0. The second-order valence-electron chi connectivity index (χ2n) is 14.1. The van der Waals surface area contributed by atoms with Crippen molar-refractivity contribution in [2.24, 2.45) is 0 Å². The van der Waals surface area contributed by atoms with E-state index in [1.807, 2.05) is 54.6 Å². The average Bonchev–Trinajstić information content (AvgIpc) is 3.98. The van der Waals surface area contributed by atoms with Gasteiger partial charge in [0.2, 0.25) is 0 Å². The Labute approximate surface area is 338 Å². The van der Waals surface area contributed by atoms with Gasteiger partial charge in [-0.25, -0.2) is 15.0 Å². The van der Waals surface area contributed by atoms with Crippen LogP contribution >= 0.6 is 11.3 Å². The number of hydrogen-bond donors (Lipinski definition) is 0. The summed E-state index contributed by atoms with van der Waals surface area (Å²) in [6, 6.07) is 51.8. The van der Waals surface area contributed by atoms with E-state index in [2.05, 4.69) is 112 Å². The van der Waals surface area contributed by atoms with Gasteiger partial charge in [0.05, 0.1) is 28.9 Å². The van der Waals surface area contributed by atoms with Crippen LogP contribution in [0.5, 0.6) is 0 Å². The van der Waals surface area contributed by atoms with E-state index in [1.165, 1.54) is 25.6 Å². The summed E-state index contributed by atoms with van der Waals surface area (Å²) in [6.07, 6.45) is 0. The van der Waals surface area contributed by atoms with Gasteiger partial charge in [-0.15, -0.1) is 11.3 Å². The highest BCUT2D eigenvalue weighted by Gasteiger charge is 2.20. The Morgan fingerprint density at radius 3 is 1.81 bits per heavy atom. The zero-order valence-electron chi connectivity index (χ0n) is 35.2. The Morgan fingerprint density at radius 2 is 1.00 bits per heavy atom. The van der Waals surface area contributed by atoms with Crippen LogP contribution in [0, 0.1) is 0 Å². The largest absolute Gasteiger partial charge is 0.309 e. The third kappa shape index (κ3) is 4.98. The first-order chi connectivity index (χ1) is 30.3. The smallest absolute Gasteiger partial charge is 0.164 e. The van der Waals surface area contributed by atoms with Crippen molar-refractivity contribution >= 4 is 75.1 Å². The SMILES string of the molecule is [2H]c1c([2H])c([2H])c(-c2nc(-c3cccc(-n4c5ccccc5c5c6c(ccc54)sc4ccccc46)c3)nc(-c3ccc4c5ccccc5n(-c5ccccc5)c4c3)n2)c([2H])c1[2H]. The fraction of sp³-hybridized carbons (Fsp3) is 0. The zero-order chi connectivity index (χ0) is 41.8. The molecule has 0 spiro atoms. The van der Waals surface area contributed by atoms with Crippen molar-refractivity contribution in [1.82, 2.24) is 24.1 Å². The summed E-state index contributed by atoms with van der Waals surface area (Å²) in [7, 11) is 0. The van der Waals surface area contributed by atoms with Gasteiger partial charge in [-0.3, -0.25) is 0 Å². The number of para-hydroxylation sites is 3. The molecule has 6 heteroatoms. The Morgan fingerprint density at radius 1 is 0.386 bits per heavy atom. The van der Waals surface area contributed by atoms with Gasteiger partial charge in [-0.2, -0.15) is 0 Å². The summed E-state index contributed by atoms with van der Waals surface area (Å²) in [5.41, 5.74) is 7.28. The first kappa shape index (κ1) is 27.2. The molecule has 0 aliphatic heterocycles. The van der Waals surface area contributed by atoms with Crippen LogP contribution in [-0.2, 0) is 0 Å². The van der Waals surface area contributed by atoms with E-state index in [-0.39, 0.29) is 23.5 Å². The van der Waals surface area contributed by atoms with E-state index in [4.69, 9.17) is 21.8 Å². The Balaban J connectivity index is 1.10. The van der Waals surface area contributed by atoms with Crippen molar-refractivity contribution in [2.75, 3.05) is 0 Å². The zero-order valence-corrected chi connectivity index (χ0v) is 31.0. The lowest BCUT2D eigenvalue weighted by Crippen LogP contribution is -2.01. The summed E-state index contributed by atoms with van der Waals surface area (Å²) < 4.78 is 50.1. The standard InChI is InChI=1S/C51H31N5S/c1-3-14-32(15-4-1)49-52-50(54-51(53-49)34-26-27-38-37-20-7-10-23-41(37)55(44(38)31-34)35-17-5-2-6-18-35)33-16-13-19-36(30-33)56-42-24-11-8-21-39(42)47-43(56)28-29-46-48(47)40-22-9-12-25-45(40)57-46/h1-31H/i1D,3D,4D,14D,15D. The first-order valence-electron chi connectivity index (χ1n) is 21.2. The lowest BCUT2D eigenvalue weighted by molar-refractivity contribution is 1.07. The van der Waals surface area contributed by atoms with E-state index >= 15 is 0 Å². The highest BCUT2D eigenvalue weighted by molar-refractivity contribution is 7.26. The molecule has 0 unspecified atom stereocenters. The van der Waals surface area contributed by atoms with Crippen LogP contribution in [0.3, 0.4) is 0 Å². The van der Waals surface area contributed by atoms with Crippen LogP contribution < -0.4 is 0 Å². The van der Waals surface area contributed by atoms with E-state index in [9.17, 15) is 0 Å². The molecule has 12 rings (SSSR count). The summed E-state index contributed by atoms with van der Waals surface area (Å²) >= 11 is 1.80. The summed E-state index contributed by atoms with van der Waals surface area (Å²) in [4.78, 5) is 14.9. The number of fused-ring (bicyclic) bond motifs is 10. The summed E-state index contributed by atoms with van der Waals surface area (Å²) in [5.74, 6) is 0.589. The van der Waals surface area contributed by atoms with Crippen LogP contribution in [0.4, 0.5) is 0 Å². The Hall–Kier alpha value is -7.41. The van der Waals surface area contributed by atoms with E-state index in [0.717, 1.165) is 49.6 Å². The van der Waals surface area contributed by atoms with Gasteiger partial charge >= 0.3 is 0 Å². The van der Waals surface area contributed by atoms with Crippen molar-refractivity contribution in [3.8, 4) is 45.5 Å². The lowest BCUT2D eigenvalue weighted by Gasteiger charge is -2.12. The molecule has 0 amide bonds. The Kier molecular flexibility index (Phi) is 6.00. The number of rotatable bonds is 5. The lowest BCUT2D eigenvalue weighted by atomic mass is 10.1. The first-order valence-corrected chi connectivity index (χ1v) is 19.5. The number of hydrogen-bond acceptors (Lipinski definition) is 4. The van der Waals surface area contributed by atoms with Gasteiger partial charge in [0.15, 0.2) is 17.5 Å². The van der Waals surface area contributed by atoms with Crippen molar-refractivity contribution in [3.05, 3.63) is 188 Å². The molecule has 57 heavy (non-hydrogen) atoms. The predicted octanol–water partition coefficient (Wildman–Crippen LogP) is 13.4. The molecule has 0 saturated heterocycles. The van der Waals surface area contributed by atoms with Gasteiger partial charge in [0, 0.05) is 69.8 Å². The number of benzene rings is 8. The van der Waals surface area contributed by atoms with Crippen LogP contribution in [0.25, 0.3) is 109 Å². The van der Waals surface area contributed by atoms with Gasteiger partial charge in [-0.05, 0) is 60.7 Å². The molecule has 0 atom stereocenters. The third-order valence-electron chi connectivity index (χ3n) is 10.8. The molecule has 5 nitrogen and oxygen atoms in total. The van der Waals surface area contributed by atoms with E-state index in [1.54, 1.807) is 11.3 Å². The number of aromatic nitrogens is 5. The minimum atomic E-state index is -0.482. The fourth-order valence-corrected chi connectivity index (χ4v) is 9.52. The fourth-order valence-electron chi connectivity index (χ4n) is 8.41. The quantitative estimate of drug-likeness (QED) is 0.176. The summed E-state index contributed by atoms with van der Waals surface area (Å²) in [6.45, 7) is 0. The molecule has 0 N–H and O–H groups in total. The molecular weight excluding hydrogens is 715 g/mol. The maximum Gasteiger partial charge on any atom is 0.164 e. The minimum absolute atomic E-state index is 0.0142. The van der Waals surface area contributed by atoms with Crippen molar-refractivity contribution in [3.63, 3.8) is 0 Å². The maximum atomic E-state index is 8.92. The molecule has 0 bridgehead atoms. The maximum absolute atomic E-state index is 8.92. The molecule has 4 heterocycles. The van der Waals surface area contributed by atoms with Crippen molar-refractivity contribution in [1.29, 1.82) is 0 Å². The predicted molar refractivity (Wildman–Crippen MR) is 238 cm³/mol. The molecular formula is C51H31N5S. The second-order valence-corrected chi connectivity index (χ2v) is 15.1. The monoisotopic (exact) mass is 750 g/mol. The molecule has 266 valence electrons. The minimum Gasteiger partial charge on any atom is -0.309 e. The Bertz CT molecular complexity index is 3810. The molecule has 0 aliphatic carbocycles. The molecule has 0 fully saturated rings. The topological polar surface area (TPSA) is 48.5 Å². The van der Waals surface area contributed by atoms with Gasteiger partial charge < -0.3 is 9.13 Å². The highest BCUT2D eigenvalue weighted by Crippen LogP contribution is 2.43. The molecule has 4 aromatic heterocycles. The molecule has 12 aromatic rings. The van der Waals surface area contributed by atoms with Crippen molar-refractivity contribution < 1.29 is 6.85 Å². The van der Waals surface area contributed by atoms with Crippen LogP contribution in [0.1, 0.15) is 6.85 Å². The number of nitrogens with zero attached hydrogens (tertiary/aromatic N) is 5. The van der Waals surface area contributed by atoms with Crippen LogP contribution in [0.2, 0.25) is 0 Å². The summed E-state index contributed by atoms with van der Waals surface area (Å²) in [5, 5.41) is 6.97. The van der Waals surface area contributed by atoms with E-state index in [0.29, 0.717) is 22.8 Å². The normalized spacial score (nSPS) is 13.1. The van der Waals surface area contributed by atoms with Crippen LogP contribution in [0.15, 0.2) is 188 Å². The van der Waals surface area contributed by atoms with Gasteiger partial charge in [0.1, 0.15) is 0 Å². The number of thiophene rings is 1. The highest BCUT2D eigenvalue weighted by atomic mass is 32.1. The van der Waals surface area contributed by atoms with Crippen molar-refractivity contribution in [2.45, 2.75) is 0 Å². The molecule has 8 aromatic carbocycles. The van der Waals surface area contributed by atoms with Crippen LogP contribution in [-0.4, -0.2) is 24.1 Å². The molecule has 0 saturated carbocycles. The van der Waals surface area contributed by atoms with Gasteiger partial charge in [-0.1, -0.05) is 127 Å².